The molecule has 1 heterocycles. The number of carbonyl (C=O) groups excluding carboxylic acids is 2. The smallest absolute Gasteiger partial charge is 0.410 e. The van der Waals surface area contributed by atoms with E-state index in [1.807, 2.05) is 6.92 Å². The monoisotopic (exact) mass is 326 g/mol. The fraction of sp³-hybridized carbons (Fsp3) is 0.500. The van der Waals surface area contributed by atoms with Crippen LogP contribution in [0.25, 0.3) is 0 Å². The molecule has 1 N–H and O–H groups in total. The van der Waals surface area contributed by atoms with Gasteiger partial charge in [-0.3, -0.25) is 9.69 Å². The Morgan fingerprint density at radius 3 is 2.87 bits per heavy atom. The standard InChI is InChI=1S/C16H20F2N2O3/c1-11(3-4-12-5-6-13(17)14(18)9-12)19-15(21)10-20-7-2-8-23-16(20)22/h5-6,9,11H,2-4,7-8,10H2,1H3,(H,19,21)/t11-/m1/s1. The molecule has 0 radical (unpaired) electrons. The van der Waals surface area contributed by atoms with Crippen LogP contribution in [-0.2, 0) is 16.0 Å². The molecule has 0 saturated carbocycles. The van der Waals surface area contributed by atoms with Gasteiger partial charge < -0.3 is 10.1 Å². The zero-order valence-corrected chi connectivity index (χ0v) is 13.0. The van der Waals surface area contributed by atoms with Gasteiger partial charge in [0.15, 0.2) is 11.6 Å². The molecule has 0 bridgehead atoms. The highest BCUT2D eigenvalue weighted by Crippen LogP contribution is 2.11. The maximum Gasteiger partial charge on any atom is 0.410 e. The predicted octanol–water partition coefficient (Wildman–Crippen LogP) is 2.24. The van der Waals surface area contributed by atoms with Crippen molar-refractivity contribution in [1.29, 1.82) is 0 Å². The van der Waals surface area contributed by atoms with E-state index in [0.717, 1.165) is 12.1 Å². The molecule has 1 fully saturated rings. The number of hydrogen-bond acceptors (Lipinski definition) is 3. The Labute approximate surface area is 133 Å². The molecule has 1 aromatic rings. The number of ether oxygens (including phenoxy) is 1. The summed E-state index contributed by atoms with van der Waals surface area (Å²) < 4.78 is 30.8. The summed E-state index contributed by atoms with van der Waals surface area (Å²) in [6.07, 6.45) is 1.34. The van der Waals surface area contributed by atoms with Crippen LogP contribution in [0.5, 0.6) is 0 Å². The minimum atomic E-state index is -0.872. The van der Waals surface area contributed by atoms with E-state index in [0.29, 0.717) is 38.0 Å². The van der Waals surface area contributed by atoms with Crippen molar-refractivity contribution >= 4 is 12.0 Å². The van der Waals surface area contributed by atoms with Gasteiger partial charge in [0.2, 0.25) is 5.91 Å². The first-order valence-corrected chi connectivity index (χ1v) is 7.60. The molecule has 1 atom stereocenters. The van der Waals surface area contributed by atoms with E-state index in [1.165, 1.54) is 11.0 Å². The van der Waals surface area contributed by atoms with Crippen LogP contribution in [0.15, 0.2) is 18.2 Å². The highest BCUT2D eigenvalue weighted by atomic mass is 19.2. The minimum Gasteiger partial charge on any atom is -0.449 e. The topological polar surface area (TPSA) is 58.6 Å². The number of halogens is 2. The second-order valence-corrected chi connectivity index (χ2v) is 5.65. The molecule has 126 valence electrons. The lowest BCUT2D eigenvalue weighted by atomic mass is 10.1. The summed E-state index contributed by atoms with van der Waals surface area (Å²) in [5.74, 6) is -2.01. The van der Waals surface area contributed by atoms with E-state index in [1.54, 1.807) is 0 Å². The number of nitrogens with one attached hydrogen (secondary N) is 1. The first kappa shape index (κ1) is 17.2. The Morgan fingerprint density at radius 1 is 1.39 bits per heavy atom. The van der Waals surface area contributed by atoms with Crippen LogP contribution in [0.4, 0.5) is 13.6 Å². The molecule has 1 aliphatic rings. The lowest BCUT2D eigenvalue weighted by molar-refractivity contribution is -0.123. The van der Waals surface area contributed by atoms with E-state index >= 15 is 0 Å². The predicted molar refractivity (Wildman–Crippen MR) is 79.8 cm³/mol. The van der Waals surface area contributed by atoms with Gasteiger partial charge in [0.25, 0.3) is 0 Å². The van der Waals surface area contributed by atoms with Crippen molar-refractivity contribution in [2.24, 2.45) is 0 Å². The van der Waals surface area contributed by atoms with Crippen LogP contribution in [0.1, 0.15) is 25.3 Å². The van der Waals surface area contributed by atoms with Crippen molar-refractivity contribution in [3.63, 3.8) is 0 Å². The van der Waals surface area contributed by atoms with Crippen molar-refractivity contribution in [2.45, 2.75) is 32.2 Å². The van der Waals surface area contributed by atoms with Crippen molar-refractivity contribution in [2.75, 3.05) is 19.7 Å². The Bertz CT molecular complexity index is 580. The summed E-state index contributed by atoms with van der Waals surface area (Å²) >= 11 is 0. The number of benzene rings is 1. The molecular formula is C16H20F2N2O3. The van der Waals surface area contributed by atoms with E-state index < -0.39 is 17.7 Å². The molecule has 0 aromatic heterocycles. The van der Waals surface area contributed by atoms with Crippen molar-refractivity contribution in [3.05, 3.63) is 35.4 Å². The van der Waals surface area contributed by atoms with Gasteiger partial charge in [0.1, 0.15) is 6.54 Å². The first-order chi connectivity index (χ1) is 11.0. The van der Waals surface area contributed by atoms with Gasteiger partial charge in [-0.05, 0) is 43.9 Å². The molecule has 2 amide bonds. The van der Waals surface area contributed by atoms with Gasteiger partial charge >= 0.3 is 6.09 Å². The molecule has 1 aromatic carbocycles. The van der Waals surface area contributed by atoms with Gasteiger partial charge in [-0.15, -0.1) is 0 Å². The molecule has 0 aliphatic carbocycles. The quantitative estimate of drug-likeness (QED) is 0.872. The summed E-state index contributed by atoms with van der Waals surface area (Å²) in [5, 5.41) is 2.79. The molecule has 0 unspecified atom stereocenters. The van der Waals surface area contributed by atoms with Gasteiger partial charge in [0, 0.05) is 12.6 Å². The molecule has 1 saturated heterocycles. The van der Waals surface area contributed by atoms with Crippen LogP contribution in [0.2, 0.25) is 0 Å². The number of nitrogens with zero attached hydrogens (tertiary/aromatic N) is 1. The number of amides is 2. The van der Waals surface area contributed by atoms with Crippen LogP contribution < -0.4 is 5.32 Å². The maximum atomic E-state index is 13.1. The number of aryl methyl sites for hydroxylation is 1. The number of cyclic esters (lactones) is 1. The summed E-state index contributed by atoms with van der Waals surface area (Å²) in [7, 11) is 0. The minimum absolute atomic E-state index is 0.0334. The van der Waals surface area contributed by atoms with E-state index in [4.69, 9.17) is 4.74 Å². The third-order valence-corrected chi connectivity index (χ3v) is 3.65. The zero-order valence-electron chi connectivity index (χ0n) is 13.0. The molecule has 7 heteroatoms. The highest BCUT2D eigenvalue weighted by molar-refractivity contribution is 5.82. The van der Waals surface area contributed by atoms with Gasteiger partial charge in [-0.25, -0.2) is 13.6 Å². The lowest BCUT2D eigenvalue weighted by Gasteiger charge is -2.26. The fourth-order valence-corrected chi connectivity index (χ4v) is 2.39. The molecule has 1 aliphatic heterocycles. The normalized spacial score (nSPS) is 16.0. The van der Waals surface area contributed by atoms with Crippen LogP contribution in [0.3, 0.4) is 0 Å². The summed E-state index contributed by atoms with van der Waals surface area (Å²) in [5.41, 5.74) is 0.671. The average molecular weight is 326 g/mol. The molecule has 2 rings (SSSR count). The van der Waals surface area contributed by atoms with E-state index in [2.05, 4.69) is 5.32 Å². The maximum absolute atomic E-state index is 13.1. The fourth-order valence-electron chi connectivity index (χ4n) is 2.39. The van der Waals surface area contributed by atoms with Crippen molar-refractivity contribution in [3.8, 4) is 0 Å². The largest absolute Gasteiger partial charge is 0.449 e. The number of rotatable bonds is 6. The summed E-state index contributed by atoms with van der Waals surface area (Å²) in [6.45, 7) is 2.69. The Balaban J connectivity index is 1.75. The SMILES string of the molecule is C[C@H](CCc1ccc(F)c(F)c1)NC(=O)CN1CCCOC1=O. The van der Waals surface area contributed by atoms with Gasteiger partial charge in [-0.2, -0.15) is 0 Å². The molecule has 5 nitrogen and oxygen atoms in total. The zero-order chi connectivity index (χ0) is 16.8. The Hall–Kier alpha value is -2.18. The summed E-state index contributed by atoms with van der Waals surface area (Å²) in [4.78, 5) is 24.7. The lowest BCUT2D eigenvalue weighted by Crippen LogP contribution is -2.46. The van der Waals surface area contributed by atoms with E-state index in [-0.39, 0.29) is 18.5 Å². The third kappa shape index (κ3) is 5.19. The van der Waals surface area contributed by atoms with Crippen LogP contribution >= 0.6 is 0 Å². The second kappa shape index (κ2) is 7.89. The Kier molecular flexibility index (Phi) is 5.90. The second-order valence-electron chi connectivity index (χ2n) is 5.65. The van der Waals surface area contributed by atoms with Crippen LogP contribution in [-0.4, -0.2) is 42.6 Å². The van der Waals surface area contributed by atoms with Crippen molar-refractivity contribution < 1.29 is 23.1 Å². The molecule has 23 heavy (non-hydrogen) atoms. The Morgan fingerprint density at radius 2 is 2.17 bits per heavy atom. The number of carbonyl (C=O) groups is 2. The number of hydrogen-bond donors (Lipinski definition) is 1. The van der Waals surface area contributed by atoms with Gasteiger partial charge in [-0.1, -0.05) is 6.07 Å². The average Bonchev–Trinajstić information content (AvgIpc) is 2.51. The first-order valence-electron chi connectivity index (χ1n) is 7.60. The van der Waals surface area contributed by atoms with E-state index in [9.17, 15) is 18.4 Å². The third-order valence-electron chi connectivity index (χ3n) is 3.65. The van der Waals surface area contributed by atoms with Gasteiger partial charge in [0.05, 0.1) is 6.61 Å². The van der Waals surface area contributed by atoms with Crippen molar-refractivity contribution in [1.82, 2.24) is 10.2 Å². The molecule has 0 spiro atoms. The molecular weight excluding hydrogens is 306 g/mol. The highest BCUT2D eigenvalue weighted by Gasteiger charge is 2.22. The van der Waals surface area contributed by atoms with Crippen LogP contribution in [0, 0.1) is 11.6 Å². The summed E-state index contributed by atoms with van der Waals surface area (Å²) in [6, 6.07) is 3.64.